The van der Waals surface area contributed by atoms with Gasteiger partial charge in [-0.05, 0) is 66.1 Å². The quantitative estimate of drug-likeness (QED) is 0.293. The van der Waals surface area contributed by atoms with Crippen molar-refractivity contribution in [2.45, 2.75) is 38.1 Å². The van der Waals surface area contributed by atoms with E-state index in [1.54, 1.807) is 55.6 Å². The number of aromatic nitrogens is 4. The van der Waals surface area contributed by atoms with Crippen molar-refractivity contribution < 1.29 is 23.5 Å². The Kier molecular flexibility index (Phi) is 8.72. The van der Waals surface area contributed by atoms with Crippen LogP contribution in [0, 0.1) is 0 Å². The lowest BCUT2D eigenvalue weighted by atomic mass is 10.1. The molecule has 0 aliphatic carbocycles. The molecular formula is C28H29ClN6O5. The van der Waals surface area contributed by atoms with Gasteiger partial charge in [0.1, 0.15) is 18.1 Å². The number of furan rings is 1. The molecule has 1 saturated heterocycles. The number of methoxy groups -OCH3 is 1. The Labute approximate surface area is 236 Å². The number of ether oxygens (including phenoxy) is 2. The summed E-state index contributed by atoms with van der Waals surface area (Å²) in [6.07, 6.45) is 3.21. The van der Waals surface area contributed by atoms with Gasteiger partial charge in [-0.15, -0.1) is 10.2 Å². The smallest absolute Gasteiger partial charge is 0.250 e. The molecule has 0 spiro atoms. The Bertz CT molecular complexity index is 1420. The first-order chi connectivity index (χ1) is 19.5. The highest BCUT2D eigenvalue weighted by Crippen LogP contribution is 2.27. The van der Waals surface area contributed by atoms with E-state index < -0.39 is 17.9 Å². The van der Waals surface area contributed by atoms with E-state index in [0.29, 0.717) is 41.1 Å². The Balaban J connectivity index is 1.41. The second kappa shape index (κ2) is 12.8. The Morgan fingerprint density at radius 1 is 1.18 bits per heavy atom. The number of carbonyl (C=O) groups excluding carboxylic acids is 2. The minimum Gasteiger partial charge on any atom is -0.497 e. The van der Waals surface area contributed by atoms with E-state index in [9.17, 15) is 9.59 Å². The first kappa shape index (κ1) is 27.4. The fourth-order valence-corrected chi connectivity index (χ4v) is 4.69. The summed E-state index contributed by atoms with van der Waals surface area (Å²) in [4.78, 5) is 30.1. The number of amides is 2. The highest BCUT2D eigenvalue weighted by molar-refractivity contribution is 6.31. The third-order valence-electron chi connectivity index (χ3n) is 6.60. The molecule has 3 heterocycles. The highest BCUT2D eigenvalue weighted by atomic mass is 35.5. The van der Waals surface area contributed by atoms with Crippen LogP contribution in [-0.4, -0.2) is 63.3 Å². The summed E-state index contributed by atoms with van der Waals surface area (Å²) in [6, 6.07) is 16.6. The Morgan fingerprint density at radius 3 is 2.70 bits per heavy atom. The molecule has 1 aliphatic heterocycles. The lowest BCUT2D eigenvalue weighted by Gasteiger charge is -2.30. The lowest BCUT2D eigenvalue weighted by molar-refractivity contribution is -0.143. The summed E-state index contributed by atoms with van der Waals surface area (Å²) in [7, 11) is 1.59. The van der Waals surface area contributed by atoms with Gasteiger partial charge in [0.25, 0.3) is 5.91 Å². The van der Waals surface area contributed by atoms with Gasteiger partial charge in [-0.3, -0.25) is 9.59 Å². The van der Waals surface area contributed by atoms with Gasteiger partial charge in [0.05, 0.1) is 19.5 Å². The summed E-state index contributed by atoms with van der Waals surface area (Å²) < 4.78 is 16.5. The monoisotopic (exact) mass is 564 g/mol. The van der Waals surface area contributed by atoms with E-state index in [-0.39, 0.29) is 19.2 Å². The van der Waals surface area contributed by atoms with Gasteiger partial charge < -0.3 is 24.1 Å². The Hall–Kier alpha value is -4.22. The first-order valence-electron chi connectivity index (χ1n) is 12.9. The van der Waals surface area contributed by atoms with Gasteiger partial charge in [0.15, 0.2) is 6.04 Å². The van der Waals surface area contributed by atoms with Crippen LogP contribution in [0.2, 0.25) is 5.02 Å². The third kappa shape index (κ3) is 6.49. The average Bonchev–Trinajstić information content (AvgIpc) is 3.77. The molecule has 0 saturated carbocycles. The fraction of sp³-hybridized carbons (Fsp3) is 0.321. The minimum atomic E-state index is -1.07. The molecule has 1 fully saturated rings. The number of tetrazole rings is 1. The van der Waals surface area contributed by atoms with Crippen LogP contribution in [0.3, 0.4) is 0 Å². The Morgan fingerprint density at radius 2 is 2.00 bits per heavy atom. The number of hydrogen-bond acceptors (Lipinski definition) is 8. The molecule has 11 nitrogen and oxygen atoms in total. The molecule has 0 bridgehead atoms. The van der Waals surface area contributed by atoms with Crippen molar-refractivity contribution in [3.05, 3.63) is 83.3 Å². The van der Waals surface area contributed by atoms with E-state index in [4.69, 9.17) is 25.5 Å². The molecule has 1 N–H and O–H groups in total. The van der Waals surface area contributed by atoms with Crippen LogP contribution in [0.4, 0.5) is 0 Å². The van der Waals surface area contributed by atoms with Crippen LogP contribution in [0.25, 0.3) is 11.4 Å². The molecular weight excluding hydrogens is 536 g/mol. The molecule has 40 heavy (non-hydrogen) atoms. The largest absolute Gasteiger partial charge is 0.497 e. The summed E-state index contributed by atoms with van der Waals surface area (Å²) in [5.41, 5.74) is 1.39. The van der Waals surface area contributed by atoms with Crippen LogP contribution < -0.4 is 10.1 Å². The second-order valence-electron chi connectivity index (χ2n) is 9.28. The van der Waals surface area contributed by atoms with E-state index >= 15 is 0 Å². The number of nitrogens with zero attached hydrogens (tertiary/aromatic N) is 5. The number of carbonyl (C=O) groups is 2. The van der Waals surface area contributed by atoms with E-state index in [1.807, 2.05) is 12.1 Å². The van der Waals surface area contributed by atoms with Gasteiger partial charge in [-0.2, -0.15) is 4.80 Å². The summed E-state index contributed by atoms with van der Waals surface area (Å²) in [5, 5.41) is 15.9. The number of nitrogens with one attached hydrogen (secondary N) is 1. The van der Waals surface area contributed by atoms with Crippen molar-refractivity contribution in [2.75, 3.05) is 20.3 Å². The van der Waals surface area contributed by atoms with Gasteiger partial charge in [0.2, 0.25) is 11.7 Å². The summed E-state index contributed by atoms with van der Waals surface area (Å²) >= 11 is 6.46. The number of benzene rings is 2. The molecule has 2 aromatic heterocycles. The molecule has 2 amide bonds. The van der Waals surface area contributed by atoms with Crippen molar-refractivity contribution in [2.24, 2.45) is 0 Å². The standard InChI is InChI=1S/C28H29ClN6O5/c1-38-21-12-10-19(11-13-21)27-31-33-35(32-27)18-25(36)34(17-20-6-2-3-8-23(20)29)26(24-9-5-15-40-24)28(37)30-16-22-7-4-14-39-22/h2-3,5-6,8-13,15,22,26H,4,7,14,16-18H2,1H3,(H,30,37)/t22-,26+/m1/s1. The number of rotatable bonds is 11. The van der Waals surface area contributed by atoms with Gasteiger partial charge in [-0.1, -0.05) is 29.8 Å². The van der Waals surface area contributed by atoms with Gasteiger partial charge >= 0.3 is 0 Å². The number of halogens is 1. The van der Waals surface area contributed by atoms with Crippen molar-refractivity contribution in [3.63, 3.8) is 0 Å². The molecule has 5 rings (SSSR count). The number of hydrogen-bond donors (Lipinski definition) is 1. The van der Waals surface area contributed by atoms with E-state index in [2.05, 4.69) is 20.7 Å². The highest BCUT2D eigenvalue weighted by Gasteiger charge is 2.35. The predicted octanol–water partition coefficient (Wildman–Crippen LogP) is 3.66. The third-order valence-corrected chi connectivity index (χ3v) is 6.97. The maximum Gasteiger partial charge on any atom is 0.250 e. The topological polar surface area (TPSA) is 125 Å². The zero-order chi connectivity index (χ0) is 27.9. The SMILES string of the molecule is COc1ccc(-c2nnn(CC(=O)N(Cc3ccccc3Cl)[C@H](C(=O)NC[C@H]3CCCO3)c3ccco3)n2)cc1. The van der Waals surface area contributed by atoms with Crippen LogP contribution in [-0.2, 0) is 27.4 Å². The van der Waals surface area contributed by atoms with Crippen LogP contribution >= 0.6 is 11.6 Å². The summed E-state index contributed by atoms with van der Waals surface area (Å²) in [5.74, 6) is 0.549. The predicted molar refractivity (Wildman–Crippen MR) is 145 cm³/mol. The molecule has 0 unspecified atom stereocenters. The van der Waals surface area contributed by atoms with Crippen molar-refractivity contribution in [1.29, 1.82) is 0 Å². The van der Waals surface area contributed by atoms with Crippen LogP contribution in [0.5, 0.6) is 5.75 Å². The second-order valence-corrected chi connectivity index (χ2v) is 9.69. The maximum atomic E-state index is 13.9. The zero-order valence-corrected chi connectivity index (χ0v) is 22.7. The molecule has 2 atom stereocenters. The fourth-order valence-electron chi connectivity index (χ4n) is 4.50. The molecule has 12 heteroatoms. The molecule has 4 aromatic rings. The molecule has 0 radical (unpaired) electrons. The van der Waals surface area contributed by atoms with Gasteiger partial charge in [0, 0.05) is 30.3 Å². The van der Waals surface area contributed by atoms with Crippen LogP contribution in [0.15, 0.2) is 71.3 Å². The molecule has 1 aliphatic rings. The zero-order valence-electron chi connectivity index (χ0n) is 21.9. The normalized spacial score (nSPS) is 15.5. The molecule has 208 valence electrons. The lowest BCUT2D eigenvalue weighted by Crippen LogP contribution is -2.46. The minimum absolute atomic E-state index is 0.0528. The maximum absolute atomic E-state index is 13.9. The first-order valence-corrected chi connectivity index (χ1v) is 13.3. The average molecular weight is 565 g/mol. The summed E-state index contributed by atoms with van der Waals surface area (Å²) in [6.45, 7) is 0.795. The van der Waals surface area contributed by atoms with Crippen LogP contribution in [0.1, 0.15) is 30.2 Å². The van der Waals surface area contributed by atoms with Crippen molar-refractivity contribution in [1.82, 2.24) is 30.4 Å². The van der Waals surface area contributed by atoms with E-state index in [1.165, 1.54) is 16.0 Å². The van der Waals surface area contributed by atoms with E-state index in [0.717, 1.165) is 18.4 Å². The van der Waals surface area contributed by atoms with Gasteiger partial charge in [-0.25, -0.2) is 0 Å². The van der Waals surface area contributed by atoms with Crippen molar-refractivity contribution in [3.8, 4) is 17.1 Å². The van der Waals surface area contributed by atoms with Crippen molar-refractivity contribution >= 4 is 23.4 Å². The molecule has 2 aromatic carbocycles.